The van der Waals surface area contributed by atoms with Crippen LogP contribution in [0.5, 0.6) is 0 Å². The molecule has 9 nitrogen and oxygen atoms in total. The topological polar surface area (TPSA) is 129 Å². The monoisotopic (exact) mass is 956 g/mol. The number of fused-ring (bicyclic) bond motifs is 5. The van der Waals surface area contributed by atoms with Gasteiger partial charge in [0, 0.05) is 79.8 Å². The van der Waals surface area contributed by atoms with Crippen molar-refractivity contribution in [2.45, 2.75) is 218 Å². The second-order valence-electron chi connectivity index (χ2n) is 26.7. The first-order valence-electron chi connectivity index (χ1n) is 28.4. The molecule has 3 aliphatic heterocycles. The van der Waals surface area contributed by atoms with Gasteiger partial charge < -0.3 is 34.6 Å². The van der Waals surface area contributed by atoms with E-state index in [1.807, 2.05) is 0 Å². The number of aromatic nitrogens is 2. The second-order valence-corrected chi connectivity index (χ2v) is 26.7. The zero-order valence-electron chi connectivity index (χ0n) is 43.8. The predicted octanol–water partition coefficient (Wildman–Crippen LogP) is 11.2. The largest absolute Gasteiger partial charge is 0.392 e. The minimum atomic E-state index is -0.717. The molecule has 6 aliphatic carbocycles. The fraction of sp³-hybridized carbons (Fsp3) is 0.738. The van der Waals surface area contributed by atoms with Gasteiger partial charge >= 0.3 is 0 Å². The van der Waals surface area contributed by atoms with Gasteiger partial charge in [-0.05, 0) is 178 Å². The van der Waals surface area contributed by atoms with Gasteiger partial charge in [0.1, 0.15) is 11.9 Å². The lowest BCUT2D eigenvalue weighted by molar-refractivity contribution is -0.227. The normalized spacial score (nSPS) is 40.3. The number of rotatable bonds is 8. The van der Waals surface area contributed by atoms with Gasteiger partial charge in [0.2, 0.25) is 0 Å². The standard InChI is InChI=1S/C61H85N3O6/c1-56(2)55(70-56)46(66)31-57(3)21-15-39-33-63-51-42(28-36-26-40(37-12-9-8-10-13-37)29-41(27-36)38-18-24-69-25-19-38)34-64(52(39)51)35-44-49-50(57)45(65)32-60(49,6)59(5)23-16-47-58(4,54(59)53(44)68)22-17-48(67)61(47)20-11-14-43(30-61)62-7/h26-27,29,33-34,37-38,43-44,46-47,53-55,62-63,66,68H,8-25,28,30-32,35H2,1-7H3/t43-,44+,46-,47-,53-,54-,55-,57+,58-,59+,60+,61+/m1/s1. The number of aliphatic hydroxyl groups excluding tert-OH is 2. The number of benzene rings is 1. The number of allylic oxidation sites excluding steroid dienone is 1. The number of H-pyrrole nitrogens is 1. The molecule has 0 bridgehead atoms. The minimum absolute atomic E-state index is 0.0904. The van der Waals surface area contributed by atoms with Gasteiger partial charge in [-0.3, -0.25) is 9.59 Å². The first-order chi connectivity index (χ1) is 33.4. The number of hydrogen-bond donors (Lipinski definition) is 4. The number of aromatic amines is 1. The van der Waals surface area contributed by atoms with E-state index in [0.717, 1.165) is 89.4 Å². The van der Waals surface area contributed by atoms with Crippen LogP contribution in [-0.4, -0.2) is 81.5 Å². The third-order valence-corrected chi connectivity index (χ3v) is 22.6. The number of aliphatic hydroxyl groups is 2. The summed E-state index contributed by atoms with van der Waals surface area (Å²) in [5.41, 5.74) is 8.84. The average Bonchev–Trinajstić information content (AvgIpc) is 3.58. The highest BCUT2D eigenvalue weighted by Crippen LogP contribution is 2.76. The lowest BCUT2D eigenvalue weighted by Gasteiger charge is -2.71. The van der Waals surface area contributed by atoms with E-state index in [1.165, 1.54) is 76.5 Å². The van der Waals surface area contributed by atoms with Crippen molar-refractivity contribution in [3.8, 4) is 0 Å². The summed E-state index contributed by atoms with van der Waals surface area (Å²) in [5, 5.41) is 29.6. The summed E-state index contributed by atoms with van der Waals surface area (Å²) in [6.07, 6.45) is 22.0. The van der Waals surface area contributed by atoms with Crippen molar-refractivity contribution in [2.75, 3.05) is 20.3 Å². The summed E-state index contributed by atoms with van der Waals surface area (Å²) in [5.74, 6) is 1.59. The van der Waals surface area contributed by atoms with Crippen LogP contribution in [0.2, 0.25) is 0 Å². The van der Waals surface area contributed by atoms with Crippen molar-refractivity contribution in [2.24, 2.45) is 44.8 Å². The van der Waals surface area contributed by atoms with Crippen LogP contribution in [-0.2, 0) is 38.4 Å². The molecule has 7 fully saturated rings. The van der Waals surface area contributed by atoms with E-state index in [2.05, 4.69) is 94.1 Å². The number of hydrogen-bond acceptors (Lipinski definition) is 7. The second kappa shape index (κ2) is 17.0. The molecule has 2 saturated heterocycles. The van der Waals surface area contributed by atoms with E-state index in [0.29, 0.717) is 55.9 Å². The van der Waals surface area contributed by atoms with E-state index in [4.69, 9.17) is 9.47 Å². The van der Waals surface area contributed by atoms with Crippen molar-refractivity contribution < 1.29 is 29.3 Å². The number of nitrogens with one attached hydrogen (secondary N) is 2. The number of carbonyl (C=O) groups is 2. The quantitative estimate of drug-likeness (QED) is 0.166. The zero-order valence-corrected chi connectivity index (χ0v) is 43.8. The summed E-state index contributed by atoms with van der Waals surface area (Å²) in [7, 11) is 2.06. The molecule has 0 amide bonds. The maximum absolute atomic E-state index is 15.5. The Morgan fingerprint density at radius 1 is 0.871 bits per heavy atom. The van der Waals surface area contributed by atoms with E-state index in [-0.39, 0.29) is 45.9 Å². The van der Waals surface area contributed by atoms with Crippen molar-refractivity contribution in [3.05, 3.63) is 69.6 Å². The van der Waals surface area contributed by atoms with E-state index in [1.54, 1.807) is 0 Å². The predicted molar refractivity (Wildman–Crippen MR) is 275 cm³/mol. The van der Waals surface area contributed by atoms with E-state index >= 15 is 4.79 Å². The van der Waals surface area contributed by atoms with E-state index < -0.39 is 28.6 Å². The smallest absolute Gasteiger partial charge is 0.160 e. The lowest BCUT2D eigenvalue weighted by atomic mass is 9.33. The molecule has 4 N–H and O–H groups in total. The Labute approximate surface area is 418 Å². The van der Waals surface area contributed by atoms with Crippen molar-refractivity contribution >= 4 is 22.6 Å². The Morgan fingerprint density at radius 2 is 1.60 bits per heavy atom. The zero-order chi connectivity index (χ0) is 48.8. The highest BCUT2D eigenvalue weighted by Gasteiger charge is 2.73. The Morgan fingerprint density at radius 3 is 2.31 bits per heavy atom. The Hall–Kier alpha value is -3.08. The Balaban J connectivity index is 0.994. The summed E-state index contributed by atoms with van der Waals surface area (Å²) in [6, 6.07) is 7.93. The van der Waals surface area contributed by atoms with Crippen LogP contribution in [0.25, 0.3) is 11.0 Å². The summed E-state index contributed by atoms with van der Waals surface area (Å²) >= 11 is 0. The molecule has 9 aliphatic rings. The fourth-order valence-corrected chi connectivity index (χ4v) is 18.9. The molecule has 70 heavy (non-hydrogen) atoms. The third kappa shape index (κ3) is 7.20. The van der Waals surface area contributed by atoms with Crippen molar-refractivity contribution in [1.82, 2.24) is 14.9 Å². The van der Waals surface area contributed by atoms with Crippen LogP contribution < -0.4 is 5.32 Å². The SMILES string of the molecule is CN[C@@H]1CCC[C@@]2(C1)C(=O)CC[C@@]1(C)[C@H]3[C@H](O)[C@H]4Cn5cc(Cc6cc(C7CCCCC7)cc(C7CCOCC7)c6)c6[nH]cc(c65)CC[C@@](C)(C[C@@H](O)[C@H]5OC5(C)C)C5=C4[C@](C)(CC5=O)[C@@]3(C)CC[C@@H]21. The molecule has 0 unspecified atom stereocenters. The maximum Gasteiger partial charge on any atom is 0.160 e. The van der Waals surface area contributed by atoms with Gasteiger partial charge in [0.05, 0.1) is 28.8 Å². The summed E-state index contributed by atoms with van der Waals surface area (Å²) in [6.45, 7) is 15.9. The van der Waals surface area contributed by atoms with Gasteiger partial charge in [-0.2, -0.15) is 0 Å². The molecule has 5 heterocycles. The number of aryl methyl sites for hydroxylation is 1. The molecule has 1 aromatic carbocycles. The number of Topliss-reactive ketones (excluding diaryl/α,β-unsaturated/α-hetero) is 2. The van der Waals surface area contributed by atoms with Crippen LogP contribution in [0.15, 0.2) is 41.7 Å². The Kier molecular flexibility index (Phi) is 11.6. The lowest BCUT2D eigenvalue weighted by Crippen LogP contribution is -2.69. The van der Waals surface area contributed by atoms with Crippen LogP contribution in [0.1, 0.15) is 197 Å². The molecule has 0 radical (unpaired) electrons. The average molecular weight is 956 g/mol. The van der Waals surface area contributed by atoms with Gasteiger partial charge in [-0.1, -0.05) is 71.6 Å². The van der Waals surface area contributed by atoms with Gasteiger partial charge in [0.25, 0.3) is 0 Å². The van der Waals surface area contributed by atoms with Crippen LogP contribution in [0, 0.1) is 44.8 Å². The number of nitrogens with zero attached hydrogens (tertiary/aromatic N) is 1. The number of epoxide rings is 1. The fourth-order valence-electron chi connectivity index (χ4n) is 18.9. The Bertz CT molecular complexity index is 2560. The first kappa shape index (κ1) is 47.9. The minimum Gasteiger partial charge on any atom is -0.392 e. The number of ketones is 2. The van der Waals surface area contributed by atoms with Crippen LogP contribution in [0.4, 0.5) is 0 Å². The van der Waals surface area contributed by atoms with Crippen molar-refractivity contribution in [1.29, 1.82) is 0 Å². The summed E-state index contributed by atoms with van der Waals surface area (Å²) in [4.78, 5) is 33.9. The van der Waals surface area contributed by atoms with Crippen LogP contribution >= 0.6 is 0 Å². The van der Waals surface area contributed by atoms with Gasteiger partial charge in [-0.15, -0.1) is 0 Å². The maximum atomic E-state index is 15.5. The van der Waals surface area contributed by atoms with Crippen LogP contribution in [0.3, 0.4) is 0 Å². The molecule has 3 aromatic rings. The van der Waals surface area contributed by atoms with E-state index in [9.17, 15) is 15.0 Å². The molecular formula is C61H85N3O6. The molecule has 12 atom stereocenters. The molecule has 1 spiro atoms. The number of ether oxygens (including phenoxy) is 2. The molecule has 2 aromatic heterocycles. The third-order valence-electron chi connectivity index (χ3n) is 22.6. The molecular weight excluding hydrogens is 871 g/mol. The van der Waals surface area contributed by atoms with Gasteiger partial charge in [-0.25, -0.2) is 0 Å². The molecule has 12 rings (SSSR count). The molecule has 5 saturated carbocycles. The first-order valence-corrected chi connectivity index (χ1v) is 28.4. The number of carbonyl (C=O) groups excluding carboxylic acids is 2. The molecule has 9 heteroatoms. The van der Waals surface area contributed by atoms with Gasteiger partial charge in [0.15, 0.2) is 5.78 Å². The van der Waals surface area contributed by atoms with Crippen molar-refractivity contribution in [3.63, 3.8) is 0 Å². The summed E-state index contributed by atoms with van der Waals surface area (Å²) < 4.78 is 14.5. The molecule has 380 valence electrons. The highest BCUT2D eigenvalue weighted by molar-refractivity contribution is 6.02. The highest BCUT2D eigenvalue weighted by atomic mass is 16.6.